The second-order valence-corrected chi connectivity index (χ2v) is 5.21. The van der Waals surface area contributed by atoms with E-state index in [-0.39, 0.29) is 12.0 Å². The van der Waals surface area contributed by atoms with Crippen LogP contribution in [0, 0.1) is 5.41 Å². The third-order valence-corrected chi connectivity index (χ3v) is 3.59. The minimum Gasteiger partial charge on any atom is -0.496 e. The zero-order valence-corrected chi connectivity index (χ0v) is 11.3. The molecule has 0 aromatic heterocycles. The highest BCUT2D eigenvalue weighted by atomic mass is 79.9. The quantitative estimate of drug-likeness (QED) is 0.872. The molecule has 5 heteroatoms. The third kappa shape index (κ3) is 2.73. The van der Waals surface area contributed by atoms with E-state index in [9.17, 15) is 5.11 Å². The fraction of sp³-hybridized carbons (Fsp3) is 0.500. The summed E-state index contributed by atoms with van der Waals surface area (Å²) in [4.78, 5) is 0. The monoisotopic (exact) mass is 301 g/mol. The van der Waals surface area contributed by atoms with Crippen LogP contribution < -0.4 is 10.1 Å². The van der Waals surface area contributed by atoms with Gasteiger partial charge in [-0.1, -0.05) is 0 Å². The van der Waals surface area contributed by atoms with Crippen LogP contribution in [0.1, 0.15) is 0 Å². The first kappa shape index (κ1) is 12.7. The van der Waals surface area contributed by atoms with Gasteiger partial charge in [-0.15, -0.1) is 0 Å². The summed E-state index contributed by atoms with van der Waals surface area (Å²) >= 11 is 3.44. The maximum absolute atomic E-state index is 9.30. The van der Waals surface area contributed by atoms with Gasteiger partial charge in [-0.25, -0.2) is 0 Å². The second-order valence-electron chi connectivity index (χ2n) is 4.35. The molecule has 0 amide bonds. The molecule has 1 aromatic carbocycles. The van der Waals surface area contributed by atoms with Crippen molar-refractivity contribution in [2.24, 2.45) is 5.41 Å². The lowest BCUT2D eigenvalue weighted by atomic mass is 9.87. The molecule has 4 nitrogen and oxygen atoms in total. The normalized spacial score (nSPS) is 17.4. The average Bonchev–Trinajstić information content (AvgIpc) is 2.28. The number of nitrogens with one attached hydrogen (secondary N) is 1. The average molecular weight is 302 g/mol. The first-order chi connectivity index (χ1) is 8.19. The minimum absolute atomic E-state index is 0.119. The van der Waals surface area contributed by atoms with Gasteiger partial charge in [0, 0.05) is 12.2 Å². The molecule has 1 aliphatic heterocycles. The molecule has 1 aliphatic rings. The van der Waals surface area contributed by atoms with E-state index in [4.69, 9.17) is 9.47 Å². The molecule has 1 saturated heterocycles. The van der Waals surface area contributed by atoms with Crippen LogP contribution in [0.2, 0.25) is 0 Å². The van der Waals surface area contributed by atoms with Crippen LogP contribution in [0.15, 0.2) is 22.7 Å². The molecule has 1 aromatic rings. The number of hydrogen-bond acceptors (Lipinski definition) is 4. The van der Waals surface area contributed by atoms with Crippen molar-refractivity contribution >= 4 is 21.6 Å². The molecule has 0 atom stereocenters. The largest absolute Gasteiger partial charge is 0.496 e. The zero-order valence-electron chi connectivity index (χ0n) is 9.70. The fourth-order valence-electron chi connectivity index (χ4n) is 1.71. The predicted octanol–water partition coefficient (Wildman–Crippen LogP) is 1.88. The maximum Gasteiger partial charge on any atom is 0.133 e. The van der Waals surface area contributed by atoms with Gasteiger partial charge in [0.25, 0.3) is 0 Å². The Balaban J connectivity index is 1.97. The Bertz CT molecular complexity index is 388. The molecule has 0 radical (unpaired) electrons. The van der Waals surface area contributed by atoms with Gasteiger partial charge in [-0.05, 0) is 34.1 Å². The van der Waals surface area contributed by atoms with Crippen LogP contribution >= 0.6 is 15.9 Å². The van der Waals surface area contributed by atoms with Gasteiger partial charge in [0.1, 0.15) is 5.75 Å². The number of benzene rings is 1. The first-order valence-electron chi connectivity index (χ1n) is 5.45. The van der Waals surface area contributed by atoms with Gasteiger partial charge >= 0.3 is 0 Å². The molecule has 1 heterocycles. The highest BCUT2D eigenvalue weighted by Crippen LogP contribution is 2.30. The molecule has 0 saturated carbocycles. The Morgan fingerprint density at radius 2 is 2.29 bits per heavy atom. The topological polar surface area (TPSA) is 50.7 Å². The lowest BCUT2D eigenvalue weighted by Crippen LogP contribution is -2.50. The summed E-state index contributed by atoms with van der Waals surface area (Å²) < 4.78 is 11.2. The van der Waals surface area contributed by atoms with E-state index in [0.717, 1.165) is 15.9 Å². The number of rotatable bonds is 5. The lowest BCUT2D eigenvalue weighted by molar-refractivity contribution is -0.128. The van der Waals surface area contributed by atoms with E-state index in [1.807, 2.05) is 18.2 Å². The molecule has 0 aliphatic carbocycles. The van der Waals surface area contributed by atoms with Gasteiger partial charge in [-0.3, -0.25) is 0 Å². The number of methoxy groups -OCH3 is 1. The number of aliphatic hydroxyl groups excluding tert-OH is 1. The highest BCUT2D eigenvalue weighted by Gasteiger charge is 2.37. The summed E-state index contributed by atoms with van der Waals surface area (Å²) in [6, 6.07) is 5.81. The first-order valence-corrected chi connectivity index (χ1v) is 6.24. The van der Waals surface area contributed by atoms with Gasteiger partial charge < -0.3 is 19.9 Å². The number of aliphatic hydroxyl groups is 1. The van der Waals surface area contributed by atoms with Crippen LogP contribution in [0.25, 0.3) is 0 Å². The van der Waals surface area contributed by atoms with Crippen molar-refractivity contribution in [2.45, 2.75) is 0 Å². The van der Waals surface area contributed by atoms with E-state index >= 15 is 0 Å². The number of anilines is 1. The lowest BCUT2D eigenvalue weighted by Gasteiger charge is -2.40. The Kier molecular flexibility index (Phi) is 3.91. The molecule has 0 unspecified atom stereocenters. The van der Waals surface area contributed by atoms with E-state index in [2.05, 4.69) is 21.2 Å². The second kappa shape index (κ2) is 5.25. The fourth-order valence-corrected chi connectivity index (χ4v) is 2.25. The summed E-state index contributed by atoms with van der Waals surface area (Å²) in [5, 5.41) is 12.6. The standard InChI is InChI=1S/C12H16BrNO3/c1-16-11-3-2-9(4-10(11)13)14-5-12(6-15)7-17-8-12/h2-4,14-15H,5-8H2,1H3. The van der Waals surface area contributed by atoms with Crippen molar-refractivity contribution in [1.29, 1.82) is 0 Å². The van der Waals surface area contributed by atoms with E-state index in [1.54, 1.807) is 7.11 Å². The Morgan fingerprint density at radius 1 is 1.53 bits per heavy atom. The number of ether oxygens (including phenoxy) is 2. The molecule has 0 spiro atoms. The SMILES string of the molecule is COc1ccc(NCC2(CO)COC2)cc1Br. The molecule has 1 fully saturated rings. The molecular weight excluding hydrogens is 286 g/mol. The minimum atomic E-state index is -0.119. The summed E-state index contributed by atoms with van der Waals surface area (Å²) in [7, 11) is 1.64. The smallest absolute Gasteiger partial charge is 0.133 e. The van der Waals surface area contributed by atoms with Crippen molar-refractivity contribution < 1.29 is 14.6 Å². The van der Waals surface area contributed by atoms with Crippen molar-refractivity contribution in [3.8, 4) is 5.75 Å². The summed E-state index contributed by atoms with van der Waals surface area (Å²) in [6.45, 7) is 2.10. The Morgan fingerprint density at radius 3 is 2.76 bits per heavy atom. The van der Waals surface area contributed by atoms with Crippen molar-refractivity contribution in [3.63, 3.8) is 0 Å². The number of hydrogen-bond donors (Lipinski definition) is 2. The van der Waals surface area contributed by atoms with Gasteiger partial charge in [0.15, 0.2) is 0 Å². The molecule has 0 bridgehead atoms. The zero-order chi connectivity index (χ0) is 12.3. The van der Waals surface area contributed by atoms with Crippen LogP contribution in [0.4, 0.5) is 5.69 Å². The molecular formula is C12H16BrNO3. The van der Waals surface area contributed by atoms with Gasteiger partial charge in [-0.2, -0.15) is 0 Å². The van der Waals surface area contributed by atoms with Crippen LogP contribution in [-0.2, 0) is 4.74 Å². The molecule has 2 rings (SSSR count). The highest BCUT2D eigenvalue weighted by molar-refractivity contribution is 9.10. The van der Waals surface area contributed by atoms with E-state index in [0.29, 0.717) is 19.8 Å². The maximum atomic E-state index is 9.30. The molecule has 2 N–H and O–H groups in total. The van der Waals surface area contributed by atoms with Crippen LogP contribution in [0.3, 0.4) is 0 Å². The van der Waals surface area contributed by atoms with Crippen LogP contribution in [-0.4, -0.2) is 38.6 Å². The van der Waals surface area contributed by atoms with Gasteiger partial charge in [0.2, 0.25) is 0 Å². The summed E-state index contributed by atoms with van der Waals surface area (Å²) in [6.07, 6.45) is 0. The van der Waals surface area contributed by atoms with Crippen molar-refractivity contribution in [2.75, 3.05) is 38.8 Å². The van der Waals surface area contributed by atoms with Crippen molar-refractivity contribution in [3.05, 3.63) is 22.7 Å². The molecule has 94 valence electrons. The summed E-state index contributed by atoms with van der Waals surface area (Å²) in [5.74, 6) is 0.805. The van der Waals surface area contributed by atoms with E-state index in [1.165, 1.54) is 0 Å². The number of halogens is 1. The van der Waals surface area contributed by atoms with Crippen molar-refractivity contribution in [1.82, 2.24) is 0 Å². The Hall–Kier alpha value is -0.780. The Labute approximate surface area is 109 Å². The third-order valence-electron chi connectivity index (χ3n) is 2.97. The predicted molar refractivity (Wildman–Crippen MR) is 69.5 cm³/mol. The van der Waals surface area contributed by atoms with Gasteiger partial charge in [0.05, 0.1) is 36.8 Å². The van der Waals surface area contributed by atoms with Crippen LogP contribution in [0.5, 0.6) is 5.75 Å². The molecule has 17 heavy (non-hydrogen) atoms. The van der Waals surface area contributed by atoms with E-state index < -0.39 is 0 Å². The summed E-state index contributed by atoms with van der Waals surface area (Å²) in [5.41, 5.74) is 0.879.